The van der Waals surface area contributed by atoms with Crippen LogP contribution in [0.25, 0.3) is 0 Å². The lowest BCUT2D eigenvalue weighted by Crippen LogP contribution is -2.45. The van der Waals surface area contributed by atoms with E-state index < -0.39 is 34.4 Å². The van der Waals surface area contributed by atoms with Gasteiger partial charge in [0.15, 0.2) is 11.9 Å². The Morgan fingerprint density at radius 1 is 1.20 bits per heavy atom. The van der Waals surface area contributed by atoms with Crippen molar-refractivity contribution in [3.8, 4) is 11.5 Å². The Morgan fingerprint density at radius 2 is 1.87 bits per heavy atom. The molecule has 0 spiro atoms. The van der Waals surface area contributed by atoms with Gasteiger partial charge >= 0.3 is 17.9 Å². The normalized spacial score (nSPS) is 11.9. The van der Waals surface area contributed by atoms with Crippen LogP contribution in [-0.2, 0) is 20.7 Å². The highest BCUT2D eigenvalue weighted by molar-refractivity contribution is 5.81. The first-order chi connectivity index (χ1) is 14.1. The number of carbonyl (C=O) groups excluding carboxylic acids is 2. The molecule has 0 saturated carbocycles. The van der Waals surface area contributed by atoms with Crippen molar-refractivity contribution < 1.29 is 28.7 Å². The number of para-hydroxylation sites is 1. The number of pyridine rings is 1. The zero-order valence-electron chi connectivity index (χ0n) is 17.1. The summed E-state index contributed by atoms with van der Waals surface area (Å²) in [4.78, 5) is 38.8. The van der Waals surface area contributed by atoms with Crippen molar-refractivity contribution in [1.29, 1.82) is 0 Å². The van der Waals surface area contributed by atoms with Crippen LogP contribution in [-0.4, -0.2) is 40.7 Å². The van der Waals surface area contributed by atoms with E-state index >= 15 is 0 Å². The third kappa shape index (κ3) is 6.73. The predicted octanol–water partition coefficient (Wildman–Crippen LogP) is 3.39. The maximum Gasteiger partial charge on any atom is 0.408 e. The molecular formula is C20H23N3O7. The summed E-state index contributed by atoms with van der Waals surface area (Å²) in [5.41, 5.74) is -0.707. The number of nitrogens with one attached hydrogen (secondary N) is 1. The molecule has 1 aromatic heterocycles. The van der Waals surface area contributed by atoms with E-state index in [1.807, 2.05) is 6.07 Å². The van der Waals surface area contributed by atoms with E-state index in [9.17, 15) is 19.7 Å². The summed E-state index contributed by atoms with van der Waals surface area (Å²) in [6.45, 7) is 5.00. The van der Waals surface area contributed by atoms with Crippen molar-refractivity contribution in [2.24, 2.45) is 0 Å². The van der Waals surface area contributed by atoms with Crippen LogP contribution in [0.5, 0.6) is 11.5 Å². The Hall–Kier alpha value is -3.69. The van der Waals surface area contributed by atoms with Crippen LogP contribution in [0.15, 0.2) is 42.6 Å². The largest absolute Gasteiger partial charge is 0.467 e. The molecule has 1 aromatic carbocycles. The number of aromatic nitrogens is 1. The Kier molecular flexibility index (Phi) is 7.29. The molecule has 1 N–H and O–H groups in total. The standard InChI is InChI=1S/C20H23N3O7/c1-20(2,3)30-19(25)22-16(18(24)28-4)11-13-10-15(12-21-17(13)23(26)27)29-14-8-6-5-7-9-14/h5-10,12,16H,11H2,1-4H3,(H,22,25). The fourth-order valence-corrected chi connectivity index (χ4v) is 2.48. The van der Waals surface area contributed by atoms with E-state index in [2.05, 4.69) is 10.3 Å². The van der Waals surface area contributed by atoms with E-state index in [-0.39, 0.29) is 17.7 Å². The number of nitrogens with zero attached hydrogens (tertiary/aromatic N) is 2. The van der Waals surface area contributed by atoms with Crippen molar-refractivity contribution in [2.45, 2.75) is 38.8 Å². The van der Waals surface area contributed by atoms with Gasteiger partial charge in [-0.15, -0.1) is 0 Å². The maximum atomic E-state index is 12.2. The van der Waals surface area contributed by atoms with E-state index in [0.717, 1.165) is 7.11 Å². The lowest BCUT2D eigenvalue weighted by atomic mass is 10.1. The Morgan fingerprint density at radius 3 is 2.43 bits per heavy atom. The maximum absolute atomic E-state index is 12.2. The van der Waals surface area contributed by atoms with E-state index in [1.54, 1.807) is 45.0 Å². The van der Waals surface area contributed by atoms with Gasteiger partial charge in [0.25, 0.3) is 0 Å². The van der Waals surface area contributed by atoms with Gasteiger partial charge < -0.3 is 29.6 Å². The van der Waals surface area contributed by atoms with E-state index in [1.165, 1.54) is 12.3 Å². The van der Waals surface area contributed by atoms with Crippen LogP contribution >= 0.6 is 0 Å². The molecule has 0 bridgehead atoms. The molecule has 0 saturated heterocycles. The van der Waals surface area contributed by atoms with Gasteiger partial charge in [0.1, 0.15) is 17.4 Å². The number of methoxy groups -OCH3 is 1. The smallest absolute Gasteiger partial charge is 0.408 e. The fraction of sp³-hybridized carbons (Fsp3) is 0.350. The highest BCUT2D eigenvalue weighted by atomic mass is 16.6. The second-order valence-corrected chi connectivity index (χ2v) is 7.25. The minimum absolute atomic E-state index is 0.0832. The molecule has 2 aromatic rings. The number of benzene rings is 1. The quantitative estimate of drug-likeness (QED) is 0.412. The number of rotatable bonds is 7. The van der Waals surface area contributed by atoms with Crippen LogP contribution in [0.2, 0.25) is 0 Å². The molecule has 0 aliphatic carbocycles. The second-order valence-electron chi connectivity index (χ2n) is 7.25. The number of hydrogen-bond acceptors (Lipinski definition) is 8. The topological polar surface area (TPSA) is 130 Å². The highest BCUT2D eigenvalue weighted by Gasteiger charge is 2.29. The van der Waals surface area contributed by atoms with Crippen molar-refractivity contribution >= 4 is 17.9 Å². The molecule has 0 fully saturated rings. The summed E-state index contributed by atoms with van der Waals surface area (Å²) in [6.07, 6.45) is 0.106. The van der Waals surface area contributed by atoms with Crippen molar-refractivity contribution in [1.82, 2.24) is 10.3 Å². The minimum Gasteiger partial charge on any atom is -0.467 e. The number of alkyl carbamates (subject to hydrolysis) is 1. The average Bonchev–Trinajstić information content (AvgIpc) is 2.66. The number of ether oxygens (including phenoxy) is 3. The third-order valence-electron chi connectivity index (χ3n) is 3.67. The first-order valence-corrected chi connectivity index (χ1v) is 9.02. The summed E-state index contributed by atoms with van der Waals surface area (Å²) >= 11 is 0. The Bertz CT molecular complexity index is 910. The van der Waals surface area contributed by atoms with E-state index in [4.69, 9.17) is 14.2 Å². The summed E-state index contributed by atoms with van der Waals surface area (Å²) in [5.74, 6) is -0.502. The molecule has 2 rings (SSSR count). The fourth-order valence-electron chi connectivity index (χ4n) is 2.48. The zero-order chi connectivity index (χ0) is 22.3. The molecule has 1 unspecified atom stereocenters. The van der Waals surface area contributed by atoms with Crippen LogP contribution in [0.3, 0.4) is 0 Å². The molecule has 10 heteroatoms. The van der Waals surface area contributed by atoms with Gasteiger partial charge in [-0.3, -0.25) is 0 Å². The van der Waals surface area contributed by atoms with Crippen LogP contribution in [0.1, 0.15) is 26.3 Å². The molecule has 0 aliphatic heterocycles. The van der Waals surface area contributed by atoms with Gasteiger partial charge in [-0.1, -0.05) is 18.2 Å². The number of amides is 1. The van der Waals surface area contributed by atoms with Gasteiger partial charge in [0.05, 0.1) is 12.7 Å². The predicted molar refractivity (Wildman–Crippen MR) is 106 cm³/mol. The second kappa shape index (κ2) is 9.68. The Balaban J connectivity index is 2.30. The van der Waals surface area contributed by atoms with E-state index in [0.29, 0.717) is 5.75 Å². The molecule has 1 amide bonds. The van der Waals surface area contributed by atoms with Gasteiger partial charge in [0, 0.05) is 6.42 Å². The molecule has 160 valence electrons. The Labute approximate surface area is 173 Å². The third-order valence-corrected chi connectivity index (χ3v) is 3.67. The SMILES string of the molecule is COC(=O)C(Cc1cc(Oc2ccccc2)cnc1[N+](=O)[O-])NC(=O)OC(C)(C)C. The number of hydrogen-bond donors (Lipinski definition) is 1. The summed E-state index contributed by atoms with van der Waals surface area (Å²) in [5, 5.41) is 13.8. The molecular weight excluding hydrogens is 394 g/mol. The molecule has 0 aliphatic rings. The zero-order valence-corrected chi connectivity index (χ0v) is 17.1. The first kappa shape index (κ1) is 22.6. The van der Waals surface area contributed by atoms with Crippen molar-refractivity contribution in [3.63, 3.8) is 0 Å². The number of carbonyl (C=O) groups is 2. The summed E-state index contributed by atoms with van der Waals surface area (Å²) < 4.78 is 15.5. The number of esters is 1. The number of nitro groups is 1. The van der Waals surface area contributed by atoms with Crippen molar-refractivity contribution in [3.05, 3.63) is 58.3 Å². The molecule has 30 heavy (non-hydrogen) atoms. The van der Waals surface area contributed by atoms with Crippen molar-refractivity contribution in [2.75, 3.05) is 7.11 Å². The lowest BCUT2D eigenvalue weighted by molar-refractivity contribution is -0.390. The first-order valence-electron chi connectivity index (χ1n) is 9.02. The lowest BCUT2D eigenvalue weighted by Gasteiger charge is -2.22. The van der Waals surface area contributed by atoms with Crippen LogP contribution in [0, 0.1) is 10.1 Å². The monoisotopic (exact) mass is 417 g/mol. The minimum atomic E-state index is -1.22. The molecule has 0 radical (unpaired) electrons. The molecule has 1 heterocycles. The van der Waals surface area contributed by atoms with Gasteiger partial charge in [-0.25, -0.2) is 9.59 Å². The summed E-state index contributed by atoms with van der Waals surface area (Å²) in [7, 11) is 1.15. The van der Waals surface area contributed by atoms with Gasteiger partial charge in [0.2, 0.25) is 0 Å². The van der Waals surface area contributed by atoms with Crippen LogP contribution in [0.4, 0.5) is 10.6 Å². The van der Waals surface area contributed by atoms with Crippen LogP contribution < -0.4 is 10.1 Å². The molecule has 1 atom stereocenters. The van der Waals surface area contributed by atoms with Gasteiger partial charge in [-0.05, 0) is 48.9 Å². The summed E-state index contributed by atoms with van der Waals surface area (Å²) in [6, 6.07) is 8.95. The highest BCUT2D eigenvalue weighted by Crippen LogP contribution is 2.26. The average molecular weight is 417 g/mol. The molecule has 10 nitrogen and oxygen atoms in total. The van der Waals surface area contributed by atoms with Gasteiger partial charge in [-0.2, -0.15) is 0 Å².